The van der Waals surface area contributed by atoms with Crippen molar-refractivity contribution in [3.8, 4) is 0 Å². The second-order valence-electron chi connectivity index (χ2n) is 5.58. The highest BCUT2D eigenvalue weighted by Crippen LogP contribution is 2.22. The molecule has 1 fully saturated rings. The van der Waals surface area contributed by atoms with E-state index in [4.69, 9.17) is 0 Å². The zero-order chi connectivity index (χ0) is 15.4. The third kappa shape index (κ3) is 3.60. The fourth-order valence-corrected chi connectivity index (χ4v) is 2.82. The number of carboxylic acids is 1. The minimum atomic E-state index is -0.957. The smallest absolute Gasteiger partial charge is 0.326 e. The molecule has 1 aliphatic heterocycles. The lowest BCUT2D eigenvalue weighted by molar-refractivity contribution is -0.153. The maximum atomic E-state index is 13.6. The van der Waals surface area contributed by atoms with Crippen molar-refractivity contribution in [2.75, 3.05) is 6.54 Å². The molecule has 1 aliphatic rings. The minimum absolute atomic E-state index is 0.203. The number of carbonyl (C=O) groups excluding carboxylic acids is 1. The van der Waals surface area contributed by atoms with Crippen molar-refractivity contribution in [1.82, 2.24) is 4.90 Å². The molecule has 2 rings (SSSR count). The quantitative estimate of drug-likeness (QED) is 0.927. The van der Waals surface area contributed by atoms with E-state index in [0.717, 1.165) is 12.8 Å². The van der Waals surface area contributed by atoms with Crippen LogP contribution in [-0.4, -0.2) is 34.5 Å². The second kappa shape index (κ2) is 6.70. The van der Waals surface area contributed by atoms with Crippen LogP contribution >= 0.6 is 0 Å². The van der Waals surface area contributed by atoms with E-state index in [0.29, 0.717) is 18.5 Å². The Bertz CT molecular complexity index is 532. The summed E-state index contributed by atoms with van der Waals surface area (Å²) in [5.74, 6) is -1.92. The molecule has 1 amide bonds. The summed E-state index contributed by atoms with van der Waals surface area (Å²) >= 11 is 0. The number of benzene rings is 1. The molecule has 0 aromatic heterocycles. The van der Waals surface area contributed by atoms with Crippen LogP contribution < -0.4 is 0 Å². The van der Waals surface area contributed by atoms with Crippen LogP contribution in [0.1, 0.15) is 31.7 Å². The molecule has 0 saturated carbocycles. The first-order chi connectivity index (χ1) is 10.0. The molecule has 1 aromatic carbocycles. The third-order valence-corrected chi connectivity index (χ3v) is 3.98. The SMILES string of the molecule is CC(Cc1ccccc1F)C(=O)N1CCCCC1C(=O)O. The summed E-state index contributed by atoms with van der Waals surface area (Å²) < 4.78 is 13.6. The van der Waals surface area contributed by atoms with E-state index in [2.05, 4.69) is 0 Å². The molecule has 1 N–H and O–H groups in total. The summed E-state index contributed by atoms with van der Waals surface area (Å²) in [6.45, 7) is 2.19. The molecule has 2 atom stereocenters. The third-order valence-electron chi connectivity index (χ3n) is 3.98. The molecule has 0 spiro atoms. The van der Waals surface area contributed by atoms with E-state index in [-0.39, 0.29) is 18.1 Å². The number of carboxylic acid groups (broad SMARTS) is 1. The van der Waals surface area contributed by atoms with Gasteiger partial charge in [-0.2, -0.15) is 0 Å². The summed E-state index contributed by atoms with van der Waals surface area (Å²) in [6, 6.07) is 5.62. The van der Waals surface area contributed by atoms with Crippen LogP contribution in [0.4, 0.5) is 4.39 Å². The molecular formula is C16H20FNO3. The number of amides is 1. The lowest BCUT2D eigenvalue weighted by Gasteiger charge is -2.34. The van der Waals surface area contributed by atoms with Gasteiger partial charge >= 0.3 is 5.97 Å². The Morgan fingerprint density at radius 3 is 2.76 bits per heavy atom. The summed E-state index contributed by atoms with van der Waals surface area (Å²) in [4.78, 5) is 25.2. The second-order valence-corrected chi connectivity index (χ2v) is 5.58. The summed E-state index contributed by atoms with van der Waals surface area (Å²) in [5.41, 5.74) is 0.488. The van der Waals surface area contributed by atoms with Gasteiger partial charge < -0.3 is 10.0 Å². The molecule has 0 aliphatic carbocycles. The zero-order valence-corrected chi connectivity index (χ0v) is 12.1. The van der Waals surface area contributed by atoms with Crippen LogP contribution in [0.5, 0.6) is 0 Å². The normalized spacial score (nSPS) is 20.1. The topological polar surface area (TPSA) is 57.6 Å². The van der Waals surface area contributed by atoms with Crippen LogP contribution in [0, 0.1) is 11.7 Å². The van der Waals surface area contributed by atoms with E-state index in [9.17, 15) is 19.1 Å². The van der Waals surface area contributed by atoms with Gasteiger partial charge in [-0.15, -0.1) is 0 Å². The van der Waals surface area contributed by atoms with Crippen molar-refractivity contribution < 1.29 is 19.1 Å². The predicted molar refractivity (Wildman–Crippen MR) is 76.3 cm³/mol. The molecule has 1 aromatic rings. The number of nitrogens with zero attached hydrogens (tertiary/aromatic N) is 1. The molecule has 1 heterocycles. The van der Waals surface area contributed by atoms with Gasteiger partial charge in [0.25, 0.3) is 0 Å². The van der Waals surface area contributed by atoms with Crippen LogP contribution in [0.2, 0.25) is 0 Å². The maximum absolute atomic E-state index is 13.6. The number of hydrogen-bond acceptors (Lipinski definition) is 2. The van der Waals surface area contributed by atoms with Crippen molar-refractivity contribution in [2.24, 2.45) is 5.92 Å². The number of rotatable bonds is 4. The van der Waals surface area contributed by atoms with E-state index in [1.54, 1.807) is 25.1 Å². The first-order valence-corrected chi connectivity index (χ1v) is 7.27. The maximum Gasteiger partial charge on any atom is 0.326 e. The molecule has 2 unspecified atom stereocenters. The Morgan fingerprint density at radius 2 is 2.10 bits per heavy atom. The van der Waals surface area contributed by atoms with E-state index < -0.39 is 17.9 Å². The first kappa shape index (κ1) is 15.5. The van der Waals surface area contributed by atoms with Gasteiger partial charge in [-0.05, 0) is 37.3 Å². The van der Waals surface area contributed by atoms with E-state index in [1.165, 1.54) is 11.0 Å². The van der Waals surface area contributed by atoms with Crippen LogP contribution in [0.25, 0.3) is 0 Å². The molecule has 114 valence electrons. The van der Waals surface area contributed by atoms with Gasteiger partial charge in [-0.3, -0.25) is 4.79 Å². The van der Waals surface area contributed by atoms with Crippen molar-refractivity contribution >= 4 is 11.9 Å². The van der Waals surface area contributed by atoms with Gasteiger partial charge in [0, 0.05) is 12.5 Å². The van der Waals surface area contributed by atoms with Gasteiger partial charge in [0.1, 0.15) is 11.9 Å². The Morgan fingerprint density at radius 1 is 1.38 bits per heavy atom. The predicted octanol–water partition coefficient (Wildman–Crippen LogP) is 2.47. The number of carbonyl (C=O) groups is 2. The molecule has 21 heavy (non-hydrogen) atoms. The fourth-order valence-electron chi connectivity index (χ4n) is 2.82. The monoisotopic (exact) mass is 293 g/mol. The van der Waals surface area contributed by atoms with Gasteiger partial charge in [-0.1, -0.05) is 25.1 Å². The summed E-state index contributed by atoms with van der Waals surface area (Å²) in [5, 5.41) is 9.22. The van der Waals surface area contributed by atoms with Crippen molar-refractivity contribution in [3.05, 3.63) is 35.6 Å². The number of aliphatic carboxylic acids is 1. The molecule has 5 heteroatoms. The van der Waals surface area contributed by atoms with Crippen LogP contribution in [0.3, 0.4) is 0 Å². The number of likely N-dealkylation sites (tertiary alicyclic amines) is 1. The van der Waals surface area contributed by atoms with Gasteiger partial charge in [0.2, 0.25) is 5.91 Å². The molecule has 4 nitrogen and oxygen atoms in total. The molecule has 1 saturated heterocycles. The Hall–Kier alpha value is -1.91. The number of halogens is 1. The number of hydrogen-bond donors (Lipinski definition) is 1. The molecule has 0 radical (unpaired) electrons. The number of piperidine rings is 1. The average molecular weight is 293 g/mol. The lowest BCUT2D eigenvalue weighted by atomic mass is 9.95. The van der Waals surface area contributed by atoms with Crippen molar-refractivity contribution in [3.63, 3.8) is 0 Å². The summed E-state index contributed by atoms with van der Waals surface area (Å²) in [7, 11) is 0. The highest BCUT2D eigenvalue weighted by atomic mass is 19.1. The van der Waals surface area contributed by atoms with Crippen LogP contribution in [-0.2, 0) is 16.0 Å². The standard InChI is InChI=1S/C16H20FNO3/c1-11(10-12-6-2-3-7-13(12)17)15(19)18-9-5-4-8-14(18)16(20)21/h2-3,6-7,11,14H,4-5,8-10H2,1H3,(H,20,21). The lowest BCUT2D eigenvalue weighted by Crippen LogP contribution is -2.50. The largest absolute Gasteiger partial charge is 0.480 e. The zero-order valence-electron chi connectivity index (χ0n) is 12.1. The Kier molecular flexibility index (Phi) is 4.94. The first-order valence-electron chi connectivity index (χ1n) is 7.27. The van der Waals surface area contributed by atoms with Gasteiger partial charge in [-0.25, -0.2) is 9.18 Å². The van der Waals surface area contributed by atoms with Gasteiger partial charge in [0.05, 0.1) is 0 Å². The fraction of sp³-hybridized carbons (Fsp3) is 0.500. The minimum Gasteiger partial charge on any atom is -0.480 e. The van der Waals surface area contributed by atoms with Crippen LogP contribution in [0.15, 0.2) is 24.3 Å². The van der Waals surface area contributed by atoms with Crippen molar-refractivity contribution in [2.45, 2.75) is 38.6 Å². The average Bonchev–Trinajstić information content (AvgIpc) is 2.48. The van der Waals surface area contributed by atoms with E-state index in [1.807, 2.05) is 0 Å². The van der Waals surface area contributed by atoms with E-state index >= 15 is 0 Å². The molecular weight excluding hydrogens is 273 g/mol. The summed E-state index contributed by atoms with van der Waals surface area (Å²) in [6.07, 6.45) is 2.42. The highest BCUT2D eigenvalue weighted by Gasteiger charge is 2.34. The van der Waals surface area contributed by atoms with Gasteiger partial charge in [0.15, 0.2) is 0 Å². The Labute approximate surface area is 123 Å². The van der Waals surface area contributed by atoms with Crippen molar-refractivity contribution in [1.29, 1.82) is 0 Å². The molecule has 0 bridgehead atoms. The highest BCUT2D eigenvalue weighted by molar-refractivity contribution is 5.85. The Balaban J connectivity index is 2.07.